The minimum absolute atomic E-state index is 0.0573. The highest BCUT2D eigenvalue weighted by molar-refractivity contribution is 9.10. The zero-order valence-electron chi connectivity index (χ0n) is 8.52. The molecule has 0 unspecified atom stereocenters. The van der Waals surface area contributed by atoms with E-state index in [1.54, 1.807) is 0 Å². The maximum atomic E-state index is 12.8. The van der Waals surface area contributed by atoms with Crippen molar-refractivity contribution >= 4 is 21.7 Å². The van der Waals surface area contributed by atoms with Gasteiger partial charge in [0.1, 0.15) is 5.75 Å². The highest BCUT2D eigenvalue weighted by Gasteiger charge is 2.25. The lowest BCUT2D eigenvalue weighted by molar-refractivity contribution is -0.0525. The van der Waals surface area contributed by atoms with Crippen LogP contribution < -0.4 is 4.74 Å². The highest BCUT2D eigenvalue weighted by atomic mass is 79.9. The molecule has 94 valence electrons. The second kappa shape index (κ2) is 5.48. The zero-order chi connectivity index (χ0) is 13.2. The van der Waals surface area contributed by atoms with E-state index in [4.69, 9.17) is 0 Å². The topological polar surface area (TPSA) is 26.3 Å². The second-order valence-corrected chi connectivity index (χ2v) is 3.93. The Morgan fingerprint density at radius 3 is 2.29 bits per heavy atom. The molecule has 0 saturated heterocycles. The zero-order valence-corrected chi connectivity index (χ0v) is 10.1. The van der Waals surface area contributed by atoms with Crippen LogP contribution in [-0.4, -0.2) is 12.4 Å². The smallest absolute Gasteiger partial charge is 0.387 e. The summed E-state index contributed by atoms with van der Waals surface area (Å²) in [7, 11) is 0. The summed E-state index contributed by atoms with van der Waals surface area (Å²) in [4.78, 5) is 11.1. The van der Waals surface area contributed by atoms with Gasteiger partial charge in [-0.25, -0.2) is 8.78 Å². The molecule has 0 amide bonds. The quantitative estimate of drug-likeness (QED) is 0.615. The minimum atomic E-state index is -3.24. The predicted octanol–water partition coefficient (Wildman–Crippen LogP) is 4.19. The number of ether oxygens (including phenoxy) is 1. The van der Waals surface area contributed by atoms with Crippen molar-refractivity contribution in [1.29, 1.82) is 0 Å². The lowest BCUT2D eigenvalue weighted by Crippen LogP contribution is -2.09. The van der Waals surface area contributed by atoms with Crippen LogP contribution >= 0.6 is 15.9 Å². The highest BCUT2D eigenvalue weighted by Crippen LogP contribution is 2.39. The molecule has 17 heavy (non-hydrogen) atoms. The molecule has 0 fully saturated rings. The van der Waals surface area contributed by atoms with E-state index in [1.807, 2.05) is 0 Å². The van der Waals surface area contributed by atoms with Crippen LogP contribution in [0, 0.1) is 0 Å². The largest absolute Gasteiger partial charge is 0.433 e. The molecule has 1 aromatic carbocycles. The molecule has 1 rings (SSSR count). The molecule has 0 aliphatic heterocycles. The number of carbonyl (C=O) groups is 1. The van der Waals surface area contributed by atoms with Gasteiger partial charge < -0.3 is 4.74 Å². The summed E-state index contributed by atoms with van der Waals surface area (Å²) < 4.78 is 53.7. The van der Waals surface area contributed by atoms with E-state index in [0.717, 1.165) is 13.0 Å². The van der Waals surface area contributed by atoms with Gasteiger partial charge in [0.15, 0.2) is 5.78 Å². The number of halogens is 5. The van der Waals surface area contributed by atoms with Crippen molar-refractivity contribution < 1.29 is 27.1 Å². The van der Waals surface area contributed by atoms with E-state index >= 15 is 0 Å². The molecule has 0 spiro atoms. The molecule has 0 atom stereocenters. The Morgan fingerprint density at radius 1 is 1.29 bits per heavy atom. The van der Waals surface area contributed by atoms with Crippen LogP contribution in [0.15, 0.2) is 16.6 Å². The van der Waals surface area contributed by atoms with Gasteiger partial charge in [0, 0.05) is 5.56 Å². The number of benzene rings is 1. The Labute approximate surface area is 103 Å². The number of ketones is 1. The van der Waals surface area contributed by atoms with Crippen LogP contribution in [-0.2, 0) is 0 Å². The molecule has 0 heterocycles. The van der Waals surface area contributed by atoms with E-state index in [2.05, 4.69) is 20.7 Å². The van der Waals surface area contributed by atoms with Crippen LogP contribution in [0.5, 0.6) is 5.75 Å². The van der Waals surface area contributed by atoms with Crippen molar-refractivity contribution in [2.75, 3.05) is 0 Å². The van der Waals surface area contributed by atoms with Crippen molar-refractivity contribution in [2.45, 2.75) is 20.0 Å². The van der Waals surface area contributed by atoms with Gasteiger partial charge in [-0.15, -0.1) is 0 Å². The molecule has 2 nitrogen and oxygen atoms in total. The molecular formula is C10H7BrF4O2. The Balaban J connectivity index is 3.43. The van der Waals surface area contributed by atoms with E-state index in [9.17, 15) is 22.4 Å². The van der Waals surface area contributed by atoms with E-state index in [0.29, 0.717) is 0 Å². The van der Waals surface area contributed by atoms with Crippen LogP contribution in [0.2, 0.25) is 0 Å². The molecule has 0 saturated carbocycles. The van der Waals surface area contributed by atoms with E-state index in [-0.39, 0.29) is 10.0 Å². The molecule has 1 aromatic rings. The van der Waals surface area contributed by atoms with Crippen molar-refractivity contribution in [3.63, 3.8) is 0 Å². The summed E-state index contributed by atoms with van der Waals surface area (Å²) in [6.07, 6.45) is -3.08. The summed E-state index contributed by atoms with van der Waals surface area (Å²) in [5.41, 5.74) is -1.16. The Morgan fingerprint density at radius 2 is 1.88 bits per heavy atom. The van der Waals surface area contributed by atoms with Gasteiger partial charge in [-0.3, -0.25) is 4.79 Å². The molecule has 7 heteroatoms. The van der Waals surface area contributed by atoms with E-state index < -0.39 is 30.1 Å². The Hall–Kier alpha value is -1.11. The van der Waals surface area contributed by atoms with Crippen molar-refractivity contribution in [2.24, 2.45) is 0 Å². The maximum Gasteiger partial charge on any atom is 0.387 e. The van der Waals surface area contributed by atoms with Crippen molar-refractivity contribution in [3.8, 4) is 5.75 Å². The van der Waals surface area contributed by atoms with Gasteiger partial charge in [0.25, 0.3) is 6.43 Å². The first-order valence-electron chi connectivity index (χ1n) is 4.41. The first-order chi connectivity index (χ1) is 7.84. The molecule has 0 aromatic heterocycles. The third kappa shape index (κ3) is 3.18. The average molecular weight is 315 g/mol. The lowest BCUT2D eigenvalue weighted by Gasteiger charge is -2.14. The number of hydrogen-bond acceptors (Lipinski definition) is 2. The molecule has 0 radical (unpaired) electrons. The fraction of sp³-hybridized carbons (Fsp3) is 0.300. The summed E-state index contributed by atoms with van der Waals surface area (Å²) in [6.45, 7) is -2.17. The fourth-order valence-corrected chi connectivity index (χ4v) is 1.74. The van der Waals surface area contributed by atoms with Gasteiger partial charge in [0.2, 0.25) is 0 Å². The molecular weight excluding hydrogens is 308 g/mol. The summed E-state index contributed by atoms with van der Waals surface area (Å²) in [6, 6.07) is 2.34. The molecule has 0 aliphatic carbocycles. The van der Waals surface area contributed by atoms with E-state index in [1.165, 1.54) is 6.07 Å². The van der Waals surface area contributed by atoms with Crippen LogP contribution in [0.25, 0.3) is 0 Å². The minimum Gasteiger partial charge on any atom is -0.433 e. The van der Waals surface area contributed by atoms with Crippen LogP contribution in [0.3, 0.4) is 0 Å². The summed E-state index contributed by atoms with van der Waals surface area (Å²) >= 11 is 2.82. The molecule has 0 bridgehead atoms. The van der Waals surface area contributed by atoms with Gasteiger partial charge in [-0.05, 0) is 35.0 Å². The first kappa shape index (κ1) is 14.0. The van der Waals surface area contributed by atoms with Gasteiger partial charge in [-0.2, -0.15) is 8.78 Å². The fourth-order valence-electron chi connectivity index (χ4n) is 1.31. The first-order valence-corrected chi connectivity index (χ1v) is 5.20. The Kier molecular flexibility index (Phi) is 4.50. The van der Waals surface area contributed by atoms with Crippen LogP contribution in [0.4, 0.5) is 17.6 Å². The van der Waals surface area contributed by atoms with Gasteiger partial charge in [-0.1, -0.05) is 0 Å². The number of hydrogen-bond donors (Lipinski definition) is 0. The summed E-state index contributed by atoms with van der Waals surface area (Å²) in [5.74, 6) is -1.35. The lowest BCUT2D eigenvalue weighted by atomic mass is 10.0. The monoisotopic (exact) mass is 314 g/mol. The van der Waals surface area contributed by atoms with Gasteiger partial charge >= 0.3 is 6.61 Å². The number of carbonyl (C=O) groups excluding carboxylic acids is 1. The van der Waals surface area contributed by atoms with Crippen molar-refractivity contribution in [3.05, 3.63) is 27.7 Å². The van der Waals surface area contributed by atoms with Crippen LogP contribution in [0.1, 0.15) is 29.3 Å². The normalized spacial score (nSPS) is 11.1. The van der Waals surface area contributed by atoms with Gasteiger partial charge in [0.05, 0.1) is 10.0 Å². The standard InChI is InChI=1S/C10H7BrF4O2/c1-4(16)5-2-3-6(11)8(17-10(14)15)7(5)9(12)13/h2-3,9-10H,1H3. The van der Waals surface area contributed by atoms with Crippen molar-refractivity contribution in [1.82, 2.24) is 0 Å². The number of Topliss-reactive ketones (excluding diaryl/α,β-unsaturated/α-hetero) is 1. The number of rotatable bonds is 4. The third-order valence-electron chi connectivity index (χ3n) is 1.95. The average Bonchev–Trinajstić information content (AvgIpc) is 2.19. The second-order valence-electron chi connectivity index (χ2n) is 3.07. The maximum absolute atomic E-state index is 12.8. The Bertz CT molecular complexity index is 435. The SMILES string of the molecule is CC(=O)c1ccc(Br)c(OC(F)F)c1C(F)F. The number of alkyl halides is 4. The predicted molar refractivity (Wildman–Crippen MR) is 55.7 cm³/mol. The third-order valence-corrected chi connectivity index (χ3v) is 2.58. The summed E-state index contributed by atoms with van der Waals surface area (Å²) in [5, 5.41) is 0. The molecule has 0 N–H and O–H groups in total. The molecule has 0 aliphatic rings.